The number of nitrogens with zero attached hydrogens (tertiary/aromatic N) is 2. The van der Waals surface area contributed by atoms with Crippen molar-refractivity contribution < 1.29 is 14.4 Å². The van der Waals surface area contributed by atoms with Gasteiger partial charge in [0.25, 0.3) is 11.8 Å². The van der Waals surface area contributed by atoms with Crippen LogP contribution in [0.25, 0.3) is 0 Å². The summed E-state index contributed by atoms with van der Waals surface area (Å²) in [5.74, 6) is 4.36. The van der Waals surface area contributed by atoms with Crippen molar-refractivity contribution in [2.75, 3.05) is 5.32 Å². The zero-order valence-corrected chi connectivity index (χ0v) is 12.5. The van der Waals surface area contributed by atoms with E-state index in [4.69, 9.17) is 5.84 Å². The van der Waals surface area contributed by atoms with Crippen molar-refractivity contribution in [3.05, 3.63) is 29.3 Å². The topological polar surface area (TPSA) is 95.7 Å². The number of hydrazine groups is 1. The molecule has 22 heavy (non-hydrogen) atoms. The first-order valence-corrected chi connectivity index (χ1v) is 7.22. The maximum absolute atomic E-state index is 12.9. The van der Waals surface area contributed by atoms with Gasteiger partial charge in [-0.3, -0.25) is 14.4 Å². The molecule has 2 aliphatic rings. The number of imide groups is 1. The Morgan fingerprint density at radius 3 is 2.73 bits per heavy atom. The number of fused-ring (bicyclic) bond motifs is 1. The Morgan fingerprint density at radius 2 is 2.00 bits per heavy atom. The van der Waals surface area contributed by atoms with Crippen LogP contribution in [0.1, 0.15) is 35.7 Å². The van der Waals surface area contributed by atoms with Gasteiger partial charge in [0.05, 0.1) is 11.7 Å². The van der Waals surface area contributed by atoms with E-state index in [1.807, 2.05) is 32.0 Å². The molecule has 2 heterocycles. The minimum Gasteiger partial charge on any atom is -0.365 e. The van der Waals surface area contributed by atoms with Crippen LogP contribution in [-0.4, -0.2) is 39.8 Å². The Kier molecular flexibility index (Phi) is 3.37. The molecule has 3 N–H and O–H groups in total. The first kappa shape index (κ1) is 14.5. The molecule has 116 valence electrons. The number of piperidine rings is 1. The van der Waals surface area contributed by atoms with Gasteiger partial charge >= 0.3 is 0 Å². The number of hydrogen-bond donors (Lipinski definition) is 2. The fourth-order valence-electron chi connectivity index (χ4n) is 3.13. The van der Waals surface area contributed by atoms with Crippen LogP contribution in [0.5, 0.6) is 0 Å². The minimum absolute atomic E-state index is 0.157. The van der Waals surface area contributed by atoms with E-state index in [9.17, 15) is 14.4 Å². The minimum atomic E-state index is -0.717. The maximum Gasteiger partial charge on any atom is 0.266 e. The molecule has 0 spiro atoms. The number of hydrogen-bond acceptors (Lipinski definition) is 5. The van der Waals surface area contributed by atoms with Crippen molar-refractivity contribution in [2.24, 2.45) is 5.84 Å². The fourth-order valence-corrected chi connectivity index (χ4v) is 3.13. The lowest BCUT2D eigenvalue weighted by Crippen LogP contribution is -2.62. The Bertz CT molecular complexity index is 673. The number of benzene rings is 1. The first-order chi connectivity index (χ1) is 10.4. The van der Waals surface area contributed by atoms with E-state index in [2.05, 4.69) is 5.32 Å². The summed E-state index contributed by atoms with van der Waals surface area (Å²) in [5, 5.41) is 3.86. The molecule has 1 saturated heterocycles. The van der Waals surface area contributed by atoms with Crippen LogP contribution in [0.3, 0.4) is 0 Å². The van der Waals surface area contributed by atoms with Crippen molar-refractivity contribution in [1.29, 1.82) is 0 Å². The number of carbonyl (C=O) groups is 3. The summed E-state index contributed by atoms with van der Waals surface area (Å²) in [7, 11) is 0. The van der Waals surface area contributed by atoms with Gasteiger partial charge in [0.15, 0.2) is 0 Å². The lowest BCUT2D eigenvalue weighted by molar-refractivity contribution is -0.153. The molecule has 3 amide bonds. The summed E-state index contributed by atoms with van der Waals surface area (Å²) >= 11 is 0. The van der Waals surface area contributed by atoms with Gasteiger partial charge in [0, 0.05) is 12.1 Å². The highest BCUT2D eigenvalue weighted by Crippen LogP contribution is 2.31. The van der Waals surface area contributed by atoms with E-state index >= 15 is 0 Å². The molecule has 2 unspecified atom stereocenters. The molecule has 0 bridgehead atoms. The second-order valence-electron chi connectivity index (χ2n) is 5.69. The highest BCUT2D eigenvalue weighted by molar-refractivity contribution is 6.07. The number of amides is 3. The predicted molar refractivity (Wildman–Crippen MR) is 79.5 cm³/mol. The quantitative estimate of drug-likeness (QED) is 0.450. The van der Waals surface area contributed by atoms with Gasteiger partial charge in [0.1, 0.15) is 6.04 Å². The zero-order valence-electron chi connectivity index (χ0n) is 12.5. The molecule has 2 aliphatic heterocycles. The van der Waals surface area contributed by atoms with E-state index in [1.54, 1.807) is 0 Å². The normalized spacial score (nSPS) is 25.1. The molecule has 0 aromatic heterocycles. The molecule has 2 atom stereocenters. The Labute approximate surface area is 128 Å². The summed E-state index contributed by atoms with van der Waals surface area (Å²) in [6.45, 7) is 3.67. The molecular weight excluding hydrogens is 284 g/mol. The summed E-state index contributed by atoms with van der Waals surface area (Å²) in [6.07, 6.45) is 0.103. The van der Waals surface area contributed by atoms with E-state index in [1.165, 1.54) is 4.90 Å². The van der Waals surface area contributed by atoms with Crippen molar-refractivity contribution in [3.8, 4) is 0 Å². The molecule has 1 aromatic rings. The van der Waals surface area contributed by atoms with Gasteiger partial charge in [0.2, 0.25) is 5.91 Å². The lowest BCUT2D eigenvalue weighted by Gasteiger charge is -2.42. The number of carbonyl (C=O) groups excluding carboxylic acids is 3. The largest absolute Gasteiger partial charge is 0.365 e. The van der Waals surface area contributed by atoms with E-state index in [-0.39, 0.29) is 18.5 Å². The molecule has 3 rings (SSSR count). The third-order valence-corrected chi connectivity index (χ3v) is 4.26. The second-order valence-corrected chi connectivity index (χ2v) is 5.69. The molecule has 0 radical (unpaired) electrons. The first-order valence-electron chi connectivity index (χ1n) is 7.22. The van der Waals surface area contributed by atoms with Crippen molar-refractivity contribution >= 4 is 23.4 Å². The second kappa shape index (κ2) is 5.10. The van der Waals surface area contributed by atoms with E-state index < -0.39 is 17.9 Å². The summed E-state index contributed by atoms with van der Waals surface area (Å²) in [4.78, 5) is 38.2. The standard InChI is InChI=1S/C15H18N4O3/c1-8-4-3-5-10-13(8)15(22)18(9(2)17-10)11-6-7-12(20)19(16)14(11)21/h3-5,9,11,17H,6-7,16H2,1-2H3. The van der Waals surface area contributed by atoms with Crippen molar-refractivity contribution in [1.82, 2.24) is 9.91 Å². The molecular formula is C15H18N4O3. The molecule has 0 aliphatic carbocycles. The Balaban J connectivity index is 1.98. The van der Waals surface area contributed by atoms with Gasteiger partial charge in [-0.25, -0.2) is 10.9 Å². The molecule has 7 heteroatoms. The van der Waals surface area contributed by atoms with Crippen molar-refractivity contribution in [3.63, 3.8) is 0 Å². The monoisotopic (exact) mass is 302 g/mol. The lowest BCUT2D eigenvalue weighted by atomic mass is 9.97. The molecule has 1 aromatic carbocycles. The van der Waals surface area contributed by atoms with Crippen LogP contribution < -0.4 is 11.2 Å². The van der Waals surface area contributed by atoms with Crippen LogP contribution in [0.2, 0.25) is 0 Å². The summed E-state index contributed by atoms with van der Waals surface area (Å²) < 4.78 is 0. The van der Waals surface area contributed by atoms with Crippen LogP contribution >= 0.6 is 0 Å². The smallest absolute Gasteiger partial charge is 0.266 e. The number of nitrogens with two attached hydrogens (primary N) is 1. The van der Waals surface area contributed by atoms with Crippen LogP contribution in [0.15, 0.2) is 18.2 Å². The van der Waals surface area contributed by atoms with Gasteiger partial charge in [-0.05, 0) is 31.9 Å². The zero-order chi connectivity index (χ0) is 16.0. The van der Waals surface area contributed by atoms with Gasteiger partial charge in [-0.15, -0.1) is 0 Å². The Hall–Kier alpha value is -2.41. The predicted octanol–water partition coefficient (Wildman–Crippen LogP) is 0.600. The average molecular weight is 302 g/mol. The van der Waals surface area contributed by atoms with Gasteiger partial charge in [-0.2, -0.15) is 0 Å². The van der Waals surface area contributed by atoms with Crippen LogP contribution in [0.4, 0.5) is 5.69 Å². The van der Waals surface area contributed by atoms with E-state index in [0.29, 0.717) is 17.0 Å². The van der Waals surface area contributed by atoms with Gasteiger partial charge < -0.3 is 10.2 Å². The third kappa shape index (κ3) is 2.05. The summed E-state index contributed by atoms with van der Waals surface area (Å²) in [6, 6.07) is 4.86. The Morgan fingerprint density at radius 1 is 1.27 bits per heavy atom. The SMILES string of the molecule is Cc1cccc2c1C(=O)N(C1CCC(=O)N(N)C1=O)C(C)N2. The van der Waals surface area contributed by atoms with Crippen LogP contribution in [0, 0.1) is 6.92 Å². The van der Waals surface area contributed by atoms with Gasteiger partial charge in [-0.1, -0.05) is 12.1 Å². The fraction of sp³-hybridized carbons (Fsp3) is 0.400. The third-order valence-electron chi connectivity index (χ3n) is 4.26. The average Bonchev–Trinajstić information content (AvgIpc) is 2.47. The van der Waals surface area contributed by atoms with Crippen LogP contribution in [-0.2, 0) is 9.59 Å². The number of aryl methyl sites for hydroxylation is 1. The molecule has 1 fully saturated rings. The number of nitrogens with one attached hydrogen (secondary N) is 1. The maximum atomic E-state index is 12.9. The van der Waals surface area contributed by atoms with E-state index in [0.717, 1.165) is 11.3 Å². The number of rotatable bonds is 1. The highest BCUT2D eigenvalue weighted by Gasteiger charge is 2.43. The number of anilines is 1. The molecule has 0 saturated carbocycles. The van der Waals surface area contributed by atoms with Crippen molar-refractivity contribution in [2.45, 2.75) is 38.9 Å². The molecule has 7 nitrogen and oxygen atoms in total. The highest BCUT2D eigenvalue weighted by atomic mass is 16.2. The summed E-state index contributed by atoms with van der Waals surface area (Å²) in [5.41, 5.74) is 2.17.